The Morgan fingerprint density at radius 3 is 2.35 bits per heavy atom. The number of carboxylic acid groups (broad SMARTS) is 1. The number of aliphatic carboxylic acids is 1. The van der Waals surface area contributed by atoms with Crippen LogP contribution in [0.15, 0.2) is 77.8 Å². The van der Waals surface area contributed by atoms with E-state index in [2.05, 4.69) is 4.99 Å². The average molecular weight is 431 g/mol. The summed E-state index contributed by atoms with van der Waals surface area (Å²) in [4.78, 5) is 29.5. The average Bonchev–Trinajstić information content (AvgIpc) is 3.12. The van der Waals surface area contributed by atoms with E-state index in [0.29, 0.717) is 16.8 Å². The number of thiazole rings is 1. The van der Waals surface area contributed by atoms with Crippen LogP contribution in [0.25, 0.3) is 21.3 Å². The summed E-state index contributed by atoms with van der Waals surface area (Å²) in [7, 11) is 0. The maximum absolute atomic E-state index is 12.8. The maximum Gasteiger partial charge on any atom is 0.326 e. The monoisotopic (exact) mass is 430 g/mol. The van der Waals surface area contributed by atoms with Crippen LogP contribution < -0.4 is 4.80 Å². The van der Waals surface area contributed by atoms with E-state index in [9.17, 15) is 14.7 Å². The van der Waals surface area contributed by atoms with E-state index in [1.54, 1.807) is 16.7 Å². The molecule has 1 unspecified atom stereocenters. The van der Waals surface area contributed by atoms with E-state index >= 15 is 0 Å². The number of hydrogen-bond acceptors (Lipinski definition) is 3. The highest BCUT2D eigenvalue weighted by Crippen LogP contribution is 2.28. The predicted molar refractivity (Wildman–Crippen MR) is 123 cm³/mol. The molecule has 3 aromatic carbocycles. The van der Waals surface area contributed by atoms with E-state index < -0.39 is 12.0 Å². The number of carbonyl (C=O) groups is 2. The van der Waals surface area contributed by atoms with Gasteiger partial charge in [-0.2, -0.15) is 4.99 Å². The zero-order valence-corrected chi connectivity index (χ0v) is 18.1. The molecule has 1 aromatic heterocycles. The summed E-state index contributed by atoms with van der Waals surface area (Å²) < 4.78 is 2.56. The van der Waals surface area contributed by atoms with E-state index in [0.717, 1.165) is 26.9 Å². The minimum Gasteiger partial charge on any atom is -0.480 e. The largest absolute Gasteiger partial charge is 0.480 e. The summed E-state index contributed by atoms with van der Waals surface area (Å²) in [5, 5.41) is 9.80. The molecule has 0 aliphatic rings. The molecule has 0 saturated carbocycles. The van der Waals surface area contributed by atoms with Crippen molar-refractivity contribution in [3.63, 3.8) is 0 Å². The zero-order valence-electron chi connectivity index (χ0n) is 17.3. The Bertz CT molecular complexity index is 1320. The van der Waals surface area contributed by atoms with Gasteiger partial charge in [-0.1, -0.05) is 72.4 Å². The topological polar surface area (TPSA) is 71.7 Å². The summed E-state index contributed by atoms with van der Waals surface area (Å²) in [6, 6.07) is 22.3. The Morgan fingerprint density at radius 1 is 1.00 bits per heavy atom. The summed E-state index contributed by atoms with van der Waals surface area (Å²) >= 11 is 1.33. The standard InChI is InChI=1S/C25H22N2O3S/c1-3-20(24(29)30)27-21-14-13-19(17-7-5-4-6-8-17)15-22(21)31-25(27)26-23(28)18-11-9-16(2)10-12-18/h4-15,20H,3H2,1-2H3,(H,29,30). The van der Waals surface area contributed by atoms with Crippen molar-refractivity contribution >= 4 is 33.4 Å². The number of aryl methyl sites for hydroxylation is 1. The van der Waals surface area contributed by atoms with Crippen LogP contribution >= 0.6 is 11.3 Å². The van der Waals surface area contributed by atoms with Crippen molar-refractivity contribution in [2.24, 2.45) is 4.99 Å². The number of carboxylic acids is 1. The Kier molecular flexibility index (Phi) is 5.82. The van der Waals surface area contributed by atoms with E-state index in [1.165, 1.54) is 11.3 Å². The minimum atomic E-state index is -0.946. The molecule has 5 nitrogen and oxygen atoms in total. The fourth-order valence-electron chi connectivity index (χ4n) is 3.55. The first-order valence-electron chi connectivity index (χ1n) is 10.1. The third-order valence-corrected chi connectivity index (χ3v) is 6.23. The lowest BCUT2D eigenvalue weighted by atomic mass is 10.1. The molecule has 0 spiro atoms. The molecular weight excluding hydrogens is 408 g/mol. The predicted octanol–water partition coefficient (Wildman–Crippen LogP) is 5.46. The highest BCUT2D eigenvalue weighted by atomic mass is 32.1. The molecule has 0 bridgehead atoms. The summed E-state index contributed by atoms with van der Waals surface area (Å²) in [5.41, 5.74) is 4.39. The quantitative estimate of drug-likeness (QED) is 0.457. The van der Waals surface area contributed by atoms with Gasteiger partial charge in [-0.3, -0.25) is 4.79 Å². The van der Waals surface area contributed by atoms with Gasteiger partial charge in [0.2, 0.25) is 0 Å². The van der Waals surface area contributed by atoms with Crippen molar-refractivity contribution < 1.29 is 14.7 Å². The van der Waals surface area contributed by atoms with Crippen LogP contribution in [-0.4, -0.2) is 21.6 Å². The fraction of sp³-hybridized carbons (Fsp3) is 0.160. The summed E-state index contributed by atoms with van der Waals surface area (Å²) in [5.74, 6) is -1.33. The SMILES string of the molecule is CCC(C(=O)O)n1c(=NC(=O)c2ccc(C)cc2)sc2cc(-c3ccccc3)ccc21. The third kappa shape index (κ3) is 4.20. The van der Waals surface area contributed by atoms with Crippen LogP contribution in [0.1, 0.15) is 35.3 Å². The van der Waals surface area contributed by atoms with Crippen LogP contribution in [0, 0.1) is 6.92 Å². The number of carbonyl (C=O) groups excluding carboxylic acids is 1. The second-order valence-electron chi connectivity index (χ2n) is 7.35. The number of benzene rings is 3. The van der Waals surface area contributed by atoms with Crippen LogP contribution in [0.5, 0.6) is 0 Å². The van der Waals surface area contributed by atoms with Crippen molar-refractivity contribution in [2.75, 3.05) is 0 Å². The Morgan fingerprint density at radius 2 is 1.71 bits per heavy atom. The number of amides is 1. The van der Waals surface area contributed by atoms with Gasteiger partial charge in [-0.05, 0) is 48.7 Å². The van der Waals surface area contributed by atoms with Crippen molar-refractivity contribution in [2.45, 2.75) is 26.3 Å². The molecular formula is C25H22N2O3S. The lowest BCUT2D eigenvalue weighted by molar-refractivity contribution is -0.140. The van der Waals surface area contributed by atoms with Crippen LogP contribution in [-0.2, 0) is 4.79 Å². The first kappa shape index (κ1) is 20.8. The molecule has 0 fully saturated rings. The first-order valence-corrected chi connectivity index (χ1v) is 10.9. The minimum absolute atomic E-state index is 0.382. The van der Waals surface area contributed by atoms with Gasteiger partial charge in [-0.25, -0.2) is 4.79 Å². The molecule has 0 radical (unpaired) electrons. The van der Waals surface area contributed by atoms with Gasteiger partial charge in [0.25, 0.3) is 5.91 Å². The van der Waals surface area contributed by atoms with E-state index in [1.807, 2.05) is 74.5 Å². The van der Waals surface area contributed by atoms with Crippen LogP contribution in [0.4, 0.5) is 0 Å². The second kappa shape index (κ2) is 8.70. The molecule has 0 aliphatic heterocycles. The van der Waals surface area contributed by atoms with Crippen molar-refractivity contribution in [3.8, 4) is 11.1 Å². The van der Waals surface area contributed by atoms with Gasteiger partial charge in [-0.15, -0.1) is 0 Å². The van der Waals surface area contributed by atoms with Gasteiger partial charge in [0.15, 0.2) is 4.80 Å². The van der Waals surface area contributed by atoms with Gasteiger partial charge in [0.05, 0.1) is 10.2 Å². The van der Waals surface area contributed by atoms with Crippen molar-refractivity contribution in [1.29, 1.82) is 0 Å². The van der Waals surface area contributed by atoms with Crippen molar-refractivity contribution in [1.82, 2.24) is 4.57 Å². The van der Waals surface area contributed by atoms with E-state index in [4.69, 9.17) is 0 Å². The summed E-state index contributed by atoms with van der Waals surface area (Å²) in [6.07, 6.45) is 0.382. The summed E-state index contributed by atoms with van der Waals surface area (Å²) in [6.45, 7) is 3.77. The lowest BCUT2D eigenvalue weighted by Gasteiger charge is -2.13. The molecule has 31 heavy (non-hydrogen) atoms. The molecule has 0 saturated heterocycles. The van der Waals surface area contributed by atoms with Gasteiger partial charge in [0, 0.05) is 5.56 Å². The maximum atomic E-state index is 12.8. The van der Waals surface area contributed by atoms with Gasteiger partial charge in [0.1, 0.15) is 6.04 Å². The van der Waals surface area contributed by atoms with Crippen molar-refractivity contribution in [3.05, 3.63) is 88.7 Å². The first-order chi connectivity index (χ1) is 15.0. The number of fused-ring (bicyclic) bond motifs is 1. The number of rotatable bonds is 5. The lowest BCUT2D eigenvalue weighted by Crippen LogP contribution is -2.27. The zero-order chi connectivity index (χ0) is 22.0. The van der Waals surface area contributed by atoms with Crippen LogP contribution in [0.3, 0.4) is 0 Å². The third-order valence-electron chi connectivity index (χ3n) is 5.21. The van der Waals surface area contributed by atoms with Gasteiger partial charge < -0.3 is 9.67 Å². The molecule has 1 heterocycles. The Labute approximate surface area is 183 Å². The highest BCUT2D eigenvalue weighted by Gasteiger charge is 2.22. The number of hydrogen-bond donors (Lipinski definition) is 1. The molecule has 1 atom stereocenters. The molecule has 156 valence electrons. The van der Waals surface area contributed by atoms with E-state index in [-0.39, 0.29) is 5.91 Å². The normalized spacial score (nSPS) is 12.8. The molecule has 4 aromatic rings. The Balaban J connectivity index is 1.90. The number of aromatic nitrogens is 1. The molecule has 6 heteroatoms. The van der Waals surface area contributed by atoms with Crippen LogP contribution in [0.2, 0.25) is 0 Å². The highest BCUT2D eigenvalue weighted by molar-refractivity contribution is 7.16. The fourth-order valence-corrected chi connectivity index (χ4v) is 4.65. The molecule has 1 N–H and O–H groups in total. The molecule has 0 aliphatic carbocycles. The molecule has 1 amide bonds. The Hall–Kier alpha value is -3.51. The van der Waals surface area contributed by atoms with Gasteiger partial charge >= 0.3 is 5.97 Å². The smallest absolute Gasteiger partial charge is 0.326 e. The second-order valence-corrected chi connectivity index (χ2v) is 8.36. The number of nitrogens with zero attached hydrogens (tertiary/aromatic N) is 2. The molecule has 4 rings (SSSR count).